The molecule has 0 amide bonds. The van der Waals surface area contributed by atoms with Crippen LogP contribution < -0.4 is 4.74 Å². The van der Waals surface area contributed by atoms with E-state index in [1.807, 2.05) is 6.92 Å². The Morgan fingerprint density at radius 3 is 2.14 bits per heavy atom. The molecule has 0 aliphatic carbocycles. The van der Waals surface area contributed by atoms with Gasteiger partial charge in [0.25, 0.3) is 0 Å². The van der Waals surface area contributed by atoms with Gasteiger partial charge in [0.2, 0.25) is 0 Å². The minimum atomic E-state index is -2.87. The van der Waals surface area contributed by atoms with Crippen LogP contribution in [-0.4, -0.2) is 6.61 Å². The van der Waals surface area contributed by atoms with E-state index >= 15 is 0 Å². The summed E-state index contributed by atoms with van der Waals surface area (Å²) in [6.07, 6.45) is 0.645. The largest absolute Gasteiger partial charge is 0.435 e. The van der Waals surface area contributed by atoms with Gasteiger partial charge in [-0.1, -0.05) is 30.1 Å². The van der Waals surface area contributed by atoms with Crippen LogP contribution in [0.3, 0.4) is 0 Å². The lowest BCUT2D eigenvalue weighted by atomic mass is 10.1. The molecule has 78 valence electrons. The van der Waals surface area contributed by atoms with E-state index in [4.69, 9.17) is 23.2 Å². The van der Waals surface area contributed by atoms with Crippen LogP contribution in [0.15, 0.2) is 12.1 Å². The first-order chi connectivity index (χ1) is 6.54. The Morgan fingerprint density at radius 1 is 1.29 bits per heavy atom. The first-order valence-corrected chi connectivity index (χ1v) is 4.73. The summed E-state index contributed by atoms with van der Waals surface area (Å²) >= 11 is 11.6. The Bertz CT molecular complexity index is 306. The average Bonchev–Trinajstić information content (AvgIpc) is 2.01. The predicted octanol–water partition coefficient (Wildman–Crippen LogP) is 4.16. The van der Waals surface area contributed by atoms with Crippen LogP contribution in [0, 0.1) is 0 Å². The topological polar surface area (TPSA) is 9.23 Å². The Kier molecular flexibility index (Phi) is 3.96. The fraction of sp³-hybridized carbons (Fsp3) is 0.333. The highest BCUT2D eigenvalue weighted by Gasteiger charge is 2.10. The molecule has 0 aromatic heterocycles. The standard InChI is InChI=1S/C9H8Cl2F2O/c1-2-6-7(10)3-5(4-8(6)11)14-9(12)13/h3-4,9H,2H2,1H3. The van der Waals surface area contributed by atoms with Crippen molar-refractivity contribution in [1.82, 2.24) is 0 Å². The van der Waals surface area contributed by atoms with E-state index in [9.17, 15) is 8.78 Å². The van der Waals surface area contributed by atoms with Gasteiger partial charge in [0.15, 0.2) is 0 Å². The summed E-state index contributed by atoms with van der Waals surface area (Å²) in [4.78, 5) is 0. The van der Waals surface area contributed by atoms with Gasteiger partial charge in [-0.15, -0.1) is 0 Å². The molecule has 0 bridgehead atoms. The fourth-order valence-corrected chi connectivity index (χ4v) is 1.82. The Labute approximate surface area is 90.6 Å². The molecule has 0 N–H and O–H groups in total. The summed E-state index contributed by atoms with van der Waals surface area (Å²) in [5.74, 6) is -0.0211. The van der Waals surface area contributed by atoms with Crippen LogP contribution in [0.1, 0.15) is 12.5 Å². The van der Waals surface area contributed by atoms with E-state index in [1.54, 1.807) is 0 Å². The maximum Gasteiger partial charge on any atom is 0.387 e. The van der Waals surface area contributed by atoms with Gasteiger partial charge in [-0.2, -0.15) is 8.78 Å². The number of alkyl halides is 2. The van der Waals surface area contributed by atoms with Gasteiger partial charge in [-0.05, 0) is 24.1 Å². The highest BCUT2D eigenvalue weighted by Crippen LogP contribution is 2.31. The molecule has 1 rings (SSSR count). The third-order valence-electron chi connectivity index (χ3n) is 1.69. The molecular formula is C9H8Cl2F2O. The molecule has 1 aromatic carbocycles. The molecule has 0 aliphatic heterocycles. The molecule has 0 spiro atoms. The van der Waals surface area contributed by atoms with Gasteiger partial charge in [-0.3, -0.25) is 0 Å². The zero-order valence-corrected chi connectivity index (χ0v) is 8.87. The maximum atomic E-state index is 11.9. The number of hydrogen-bond donors (Lipinski definition) is 0. The predicted molar refractivity (Wildman–Crippen MR) is 52.5 cm³/mol. The zero-order chi connectivity index (χ0) is 10.7. The highest BCUT2D eigenvalue weighted by atomic mass is 35.5. The number of halogens is 4. The lowest BCUT2D eigenvalue weighted by Gasteiger charge is -2.08. The van der Waals surface area contributed by atoms with Crippen molar-refractivity contribution in [2.24, 2.45) is 0 Å². The van der Waals surface area contributed by atoms with Gasteiger partial charge in [0.05, 0.1) is 0 Å². The number of rotatable bonds is 3. The van der Waals surface area contributed by atoms with Crippen LogP contribution >= 0.6 is 23.2 Å². The van der Waals surface area contributed by atoms with Gasteiger partial charge < -0.3 is 4.74 Å². The molecule has 0 heterocycles. The molecule has 0 fully saturated rings. The average molecular weight is 241 g/mol. The number of benzene rings is 1. The van der Waals surface area contributed by atoms with Crippen molar-refractivity contribution >= 4 is 23.2 Å². The lowest BCUT2D eigenvalue weighted by Crippen LogP contribution is -2.02. The Morgan fingerprint density at radius 2 is 1.79 bits per heavy atom. The van der Waals surface area contributed by atoms with Crippen molar-refractivity contribution in [3.8, 4) is 5.75 Å². The van der Waals surface area contributed by atoms with Gasteiger partial charge in [0.1, 0.15) is 5.75 Å². The van der Waals surface area contributed by atoms with E-state index in [0.29, 0.717) is 16.5 Å². The second-order valence-corrected chi connectivity index (χ2v) is 3.41. The Hall–Kier alpha value is -0.540. The molecular weight excluding hydrogens is 233 g/mol. The summed E-state index contributed by atoms with van der Waals surface area (Å²) in [5, 5.41) is 0.686. The highest BCUT2D eigenvalue weighted by molar-refractivity contribution is 6.36. The lowest BCUT2D eigenvalue weighted by molar-refractivity contribution is -0.0498. The first kappa shape index (κ1) is 11.5. The molecule has 0 aliphatic rings. The smallest absolute Gasteiger partial charge is 0.387 e. The molecule has 0 radical (unpaired) electrons. The van der Waals surface area contributed by atoms with E-state index in [1.165, 1.54) is 12.1 Å². The second-order valence-electron chi connectivity index (χ2n) is 2.60. The van der Waals surface area contributed by atoms with Crippen molar-refractivity contribution in [3.05, 3.63) is 27.7 Å². The number of hydrogen-bond acceptors (Lipinski definition) is 1. The van der Waals surface area contributed by atoms with Gasteiger partial charge >= 0.3 is 6.61 Å². The van der Waals surface area contributed by atoms with Crippen LogP contribution in [-0.2, 0) is 6.42 Å². The molecule has 5 heteroatoms. The maximum absolute atomic E-state index is 11.9. The number of ether oxygens (including phenoxy) is 1. The minimum Gasteiger partial charge on any atom is -0.435 e. The van der Waals surface area contributed by atoms with Crippen molar-refractivity contribution in [1.29, 1.82) is 0 Å². The van der Waals surface area contributed by atoms with E-state index in [0.717, 1.165) is 5.56 Å². The summed E-state index contributed by atoms with van der Waals surface area (Å²) in [7, 11) is 0. The van der Waals surface area contributed by atoms with Crippen LogP contribution in [0.5, 0.6) is 5.75 Å². The Balaban J connectivity index is 3.01. The SMILES string of the molecule is CCc1c(Cl)cc(OC(F)F)cc1Cl. The minimum absolute atomic E-state index is 0.0211. The van der Waals surface area contributed by atoms with Gasteiger partial charge in [-0.25, -0.2) is 0 Å². The zero-order valence-electron chi connectivity index (χ0n) is 7.36. The van der Waals surface area contributed by atoms with Crippen molar-refractivity contribution in [2.75, 3.05) is 0 Å². The van der Waals surface area contributed by atoms with Crippen LogP contribution in [0.25, 0.3) is 0 Å². The van der Waals surface area contributed by atoms with Crippen LogP contribution in [0.2, 0.25) is 10.0 Å². The summed E-state index contributed by atoms with van der Waals surface area (Å²) in [5.41, 5.74) is 0.731. The normalized spacial score (nSPS) is 10.7. The monoisotopic (exact) mass is 240 g/mol. The third-order valence-corrected chi connectivity index (χ3v) is 2.37. The second kappa shape index (κ2) is 4.80. The quantitative estimate of drug-likeness (QED) is 0.772. The van der Waals surface area contributed by atoms with Crippen molar-refractivity contribution in [2.45, 2.75) is 20.0 Å². The molecule has 0 atom stereocenters. The van der Waals surface area contributed by atoms with Gasteiger partial charge in [0, 0.05) is 10.0 Å². The molecule has 1 aromatic rings. The van der Waals surface area contributed by atoms with Crippen LogP contribution in [0.4, 0.5) is 8.78 Å². The van der Waals surface area contributed by atoms with E-state index in [-0.39, 0.29) is 5.75 Å². The summed E-state index contributed by atoms with van der Waals surface area (Å²) < 4.78 is 27.9. The van der Waals surface area contributed by atoms with Crippen molar-refractivity contribution in [3.63, 3.8) is 0 Å². The fourth-order valence-electron chi connectivity index (χ4n) is 1.09. The summed E-state index contributed by atoms with van der Waals surface area (Å²) in [6, 6.07) is 2.66. The molecule has 1 nitrogen and oxygen atoms in total. The molecule has 0 saturated carbocycles. The summed E-state index contributed by atoms with van der Waals surface area (Å²) in [6.45, 7) is -0.990. The van der Waals surface area contributed by atoms with E-state index in [2.05, 4.69) is 4.74 Å². The molecule has 14 heavy (non-hydrogen) atoms. The van der Waals surface area contributed by atoms with E-state index < -0.39 is 6.61 Å². The molecule has 0 unspecified atom stereocenters. The molecule has 0 saturated heterocycles. The third kappa shape index (κ3) is 2.72. The van der Waals surface area contributed by atoms with Crippen molar-refractivity contribution < 1.29 is 13.5 Å². The first-order valence-electron chi connectivity index (χ1n) is 3.97.